The van der Waals surface area contributed by atoms with Gasteiger partial charge in [-0.1, -0.05) is 53.7 Å². The van der Waals surface area contributed by atoms with E-state index in [1.165, 1.54) is 12.1 Å². The van der Waals surface area contributed by atoms with Crippen LogP contribution in [-0.4, -0.2) is 63.6 Å². The van der Waals surface area contributed by atoms with Crippen molar-refractivity contribution in [3.05, 3.63) is 98.7 Å². The summed E-state index contributed by atoms with van der Waals surface area (Å²) in [6.07, 6.45) is -1.63. The number of carbonyl (C=O) groups is 1. The van der Waals surface area contributed by atoms with Crippen LogP contribution in [0.4, 0.5) is 15.0 Å². The summed E-state index contributed by atoms with van der Waals surface area (Å²) in [6, 6.07) is 18.8. The maximum absolute atomic E-state index is 13.7. The molecule has 0 saturated carbocycles. The van der Waals surface area contributed by atoms with Crippen LogP contribution in [0, 0.1) is 5.82 Å². The Bertz CT molecular complexity index is 2000. The minimum Gasteiger partial charge on any atom is -0.464 e. The lowest BCUT2D eigenvalue weighted by atomic mass is 9.97. The van der Waals surface area contributed by atoms with E-state index in [4.69, 9.17) is 9.15 Å². The van der Waals surface area contributed by atoms with Gasteiger partial charge in [0.1, 0.15) is 5.82 Å². The van der Waals surface area contributed by atoms with Gasteiger partial charge in [0.15, 0.2) is 5.69 Å². The van der Waals surface area contributed by atoms with E-state index in [0.29, 0.717) is 4.31 Å². The highest BCUT2D eigenvalue weighted by Gasteiger charge is 2.35. The van der Waals surface area contributed by atoms with Gasteiger partial charge in [-0.15, -0.1) is 0 Å². The molecule has 226 valence electrons. The van der Waals surface area contributed by atoms with Crippen LogP contribution in [-0.2, 0) is 10.2 Å². The largest absolute Gasteiger partial charge is 0.464 e. The SMILES string of the molecule is O=C(O)N(CC1c2ccccc2-c2ccccc21)S(=O)(=O)NCCNc1nonc1-c1noc(=O)n1-c1ccc(F)c(Br)c1. The first kappa shape index (κ1) is 29.2. The zero-order valence-electron chi connectivity index (χ0n) is 22.3. The number of nitrogens with zero attached hydrogens (tertiary/aromatic N) is 5. The molecular formula is C27H21BrFN7O7S. The highest BCUT2D eigenvalue weighted by molar-refractivity contribution is 9.10. The molecule has 0 atom stereocenters. The smallest absolute Gasteiger partial charge is 0.446 e. The summed E-state index contributed by atoms with van der Waals surface area (Å²) in [5, 5.41) is 23.9. The molecule has 2 heterocycles. The highest BCUT2D eigenvalue weighted by atomic mass is 79.9. The van der Waals surface area contributed by atoms with Gasteiger partial charge in [-0.3, -0.25) is 4.52 Å². The minimum atomic E-state index is -4.49. The molecule has 0 fully saturated rings. The van der Waals surface area contributed by atoms with E-state index in [-0.39, 0.29) is 47.1 Å². The van der Waals surface area contributed by atoms with Gasteiger partial charge < -0.3 is 10.4 Å². The predicted molar refractivity (Wildman–Crippen MR) is 157 cm³/mol. The molecule has 0 spiro atoms. The standard InChI is InChI=1S/C27H21BrFN7O7S/c28-21-13-15(9-10-22(21)29)36-25(34-42-27(36)39)23-24(33-43-32-23)30-11-12-31-44(40,41)35(26(37)38)14-20-18-7-3-1-5-16(18)17-6-2-4-8-19(17)20/h1-10,13,20,31H,11-12,14H2,(H,30,33)(H,37,38). The molecule has 0 bridgehead atoms. The van der Waals surface area contributed by atoms with Crippen LogP contribution in [0.1, 0.15) is 17.0 Å². The molecule has 0 saturated heterocycles. The van der Waals surface area contributed by atoms with Crippen LogP contribution in [0.15, 0.2) is 85.1 Å². The van der Waals surface area contributed by atoms with E-state index < -0.39 is 33.8 Å². The molecule has 3 N–H and O–H groups in total. The molecule has 5 aromatic rings. The van der Waals surface area contributed by atoms with E-state index in [1.807, 2.05) is 48.5 Å². The lowest BCUT2D eigenvalue weighted by Crippen LogP contribution is -2.46. The highest BCUT2D eigenvalue weighted by Crippen LogP contribution is 2.45. The second-order valence-corrected chi connectivity index (χ2v) is 12.1. The number of benzene rings is 3. The predicted octanol–water partition coefficient (Wildman–Crippen LogP) is 3.82. The number of nitrogens with one attached hydrogen (secondary N) is 2. The maximum atomic E-state index is 13.7. The number of carboxylic acid groups (broad SMARTS) is 1. The number of amides is 1. The minimum absolute atomic E-state index is 0.0123. The average Bonchev–Trinajstić information content (AvgIpc) is 3.71. The summed E-state index contributed by atoms with van der Waals surface area (Å²) in [5.41, 5.74) is 3.68. The number of hydrogen-bond donors (Lipinski definition) is 3. The molecule has 17 heteroatoms. The summed E-state index contributed by atoms with van der Waals surface area (Å²) < 4.78 is 53.4. The van der Waals surface area contributed by atoms with Crippen LogP contribution in [0.25, 0.3) is 28.3 Å². The van der Waals surface area contributed by atoms with E-state index >= 15 is 0 Å². The van der Waals surface area contributed by atoms with Crippen molar-refractivity contribution in [2.45, 2.75) is 5.92 Å². The van der Waals surface area contributed by atoms with Gasteiger partial charge in [0.25, 0.3) is 0 Å². The van der Waals surface area contributed by atoms with Crippen molar-refractivity contribution in [2.75, 3.05) is 25.0 Å². The second-order valence-electron chi connectivity index (χ2n) is 9.53. The third-order valence-corrected chi connectivity index (χ3v) is 9.04. The Morgan fingerprint density at radius 3 is 2.36 bits per heavy atom. The van der Waals surface area contributed by atoms with Crippen LogP contribution < -0.4 is 15.8 Å². The summed E-state index contributed by atoms with van der Waals surface area (Å²) in [6.45, 7) is -0.674. The molecule has 0 aliphatic heterocycles. The number of anilines is 1. The fraction of sp³-hybridized carbons (Fsp3) is 0.148. The fourth-order valence-corrected chi connectivity index (χ4v) is 6.48. The Labute approximate surface area is 256 Å². The van der Waals surface area contributed by atoms with Crippen LogP contribution >= 0.6 is 15.9 Å². The molecule has 0 radical (unpaired) electrons. The number of hydrogen-bond acceptors (Lipinski definition) is 10. The van der Waals surface area contributed by atoms with Crippen molar-refractivity contribution in [1.82, 2.24) is 29.1 Å². The van der Waals surface area contributed by atoms with Crippen molar-refractivity contribution in [3.63, 3.8) is 0 Å². The summed E-state index contributed by atoms with van der Waals surface area (Å²) in [4.78, 5) is 24.6. The normalized spacial score (nSPS) is 12.6. The van der Waals surface area contributed by atoms with E-state index in [9.17, 15) is 27.5 Å². The quantitative estimate of drug-likeness (QED) is 0.182. The number of halogens is 2. The van der Waals surface area contributed by atoms with Crippen LogP contribution in [0.5, 0.6) is 0 Å². The van der Waals surface area contributed by atoms with Gasteiger partial charge in [-0.25, -0.2) is 23.2 Å². The van der Waals surface area contributed by atoms with Gasteiger partial charge >= 0.3 is 22.1 Å². The van der Waals surface area contributed by atoms with E-state index in [1.54, 1.807) is 0 Å². The maximum Gasteiger partial charge on any atom is 0.446 e. The molecular weight excluding hydrogens is 665 g/mol. The Hall–Kier alpha value is -4.87. The third kappa shape index (κ3) is 5.36. The average molecular weight is 686 g/mol. The van der Waals surface area contributed by atoms with E-state index in [2.05, 4.69) is 41.4 Å². The summed E-state index contributed by atoms with van der Waals surface area (Å²) >= 11 is 3.06. The van der Waals surface area contributed by atoms with Crippen molar-refractivity contribution in [2.24, 2.45) is 0 Å². The zero-order chi connectivity index (χ0) is 31.0. The van der Waals surface area contributed by atoms with Crippen molar-refractivity contribution >= 4 is 38.1 Å². The second kappa shape index (κ2) is 11.7. The molecule has 2 aromatic heterocycles. The lowest BCUT2D eigenvalue weighted by molar-refractivity contribution is 0.171. The van der Waals surface area contributed by atoms with Crippen molar-refractivity contribution < 1.29 is 31.9 Å². The first-order valence-corrected chi connectivity index (χ1v) is 15.2. The third-order valence-electron chi connectivity index (χ3n) is 6.98. The summed E-state index contributed by atoms with van der Waals surface area (Å²) in [7, 11) is -4.49. The van der Waals surface area contributed by atoms with Gasteiger partial charge in [0.05, 0.1) is 16.7 Å². The van der Waals surface area contributed by atoms with Crippen molar-refractivity contribution in [3.8, 4) is 28.3 Å². The van der Waals surface area contributed by atoms with Gasteiger partial charge in [-0.2, -0.15) is 17.4 Å². The number of fused-ring (bicyclic) bond motifs is 3. The Kier molecular flexibility index (Phi) is 7.74. The molecule has 1 aliphatic rings. The summed E-state index contributed by atoms with van der Waals surface area (Å²) in [5.74, 6) is -2.05. The lowest BCUT2D eigenvalue weighted by Gasteiger charge is -2.24. The molecule has 44 heavy (non-hydrogen) atoms. The van der Waals surface area contributed by atoms with Crippen LogP contribution in [0.2, 0.25) is 0 Å². The molecule has 3 aromatic carbocycles. The zero-order valence-corrected chi connectivity index (χ0v) is 24.7. The first-order valence-electron chi connectivity index (χ1n) is 12.9. The van der Waals surface area contributed by atoms with Gasteiger partial charge in [-0.05, 0) is 66.7 Å². The molecule has 0 unspecified atom stereocenters. The monoisotopic (exact) mass is 685 g/mol. The molecule has 1 amide bonds. The number of aromatic nitrogens is 4. The van der Waals surface area contributed by atoms with Gasteiger partial charge in [0, 0.05) is 19.0 Å². The molecule has 1 aliphatic carbocycles. The Morgan fingerprint density at radius 1 is 1.02 bits per heavy atom. The topological polar surface area (TPSA) is 186 Å². The Morgan fingerprint density at radius 2 is 1.70 bits per heavy atom. The Balaban J connectivity index is 1.15. The van der Waals surface area contributed by atoms with Crippen molar-refractivity contribution in [1.29, 1.82) is 0 Å². The molecule has 6 rings (SSSR count). The first-order chi connectivity index (χ1) is 21.2. The molecule has 14 nitrogen and oxygen atoms in total. The van der Waals surface area contributed by atoms with Crippen LogP contribution in [0.3, 0.4) is 0 Å². The van der Waals surface area contributed by atoms with E-state index in [0.717, 1.165) is 32.9 Å². The van der Waals surface area contributed by atoms with Gasteiger partial charge in [0.2, 0.25) is 11.6 Å². The fourth-order valence-electron chi connectivity index (χ4n) is 5.04. The number of rotatable bonds is 10.